The number of hydrogen-bond donors (Lipinski definition) is 0. The minimum atomic E-state index is 0.944. The molecule has 0 aliphatic rings. The number of aromatic nitrogens is 3. The Balaban J connectivity index is 1.22. The van der Waals surface area contributed by atoms with Gasteiger partial charge in [-0.3, -0.25) is 0 Å². The van der Waals surface area contributed by atoms with E-state index in [0.717, 1.165) is 33.8 Å². The third-order valence-corrected chi connectivity index (χ3v) is 10.6. The van der Waals surface area contributed by atoms with Crippen LogP contribution in [0.5, 0.6) is 0 Å². The van der Waals surface area contributed by atoms with E-state index in [9.17, 15) is 0 Å². The second-order valence-corrected chi connectivity index (χ2v) is 13.6. The normalized spacial score (nSPS) is 11.8. The summed E-state index contributed by atoms with van der Waals surface area (Å²) in [6.45, 7) is 0. The molecule has 242 valence electrons. The predicted molar refractivity (Wildman–Crippen MR) is 218 cm³/mol. The van der Waals surface area contributed by atoms with Crippen LogP contribution < -0.4 is 0 Å². The standard InChI is InChI=1S/C49H31N3/c1-3-14-32(15-4-1)36-29-42(33-16-5-2-6-17-33)50-43(30-36)34-19-13-20-37(28-34)51-45-24-11-8-21-38(45)39-26-27-41-47-31-35-18-7-10-23-44(35)52(47)46-25-12-9-22-40(46)48(41)49(39)51/h1-31H. The highest BCUT2D eigenvalue weighted by atomic mass is 15.0. The Morgan fingerprint density at radius 2 is 0.942 bits per heavy atom. The Labute approximate surface area is 300 Å². The smallest absolute Gasteiger partial charge is 0.0716 e. The zero-order chi connectivity index (χ0) is 34.2. The average Bonchev–Trinajstić information content (AvgIpc) is 3.78. The van der Waals surface area contributed by atoms with Gasteiger partial charge in [-0.2, -0.15) is 0 Å². The van der Waals surface area contributed by atoms with Crippen molar-refractivity contribution < 1.29 is 0 Å². The van der Waals surface area contributed by atoms with Gasteiger partial charge < -0.3 is 8.97 Å². The van der Waals surface area contributed by atoms with Crippen molar-refractivity contribution in [1.82, 2.24) is 14.0 Å². The van der Waals surface area contributed by atoms with Gasteiger partial charge in [0.1, 0.15) is 0 Å². The number of nitrogens with zero attached hydrogens (tertiary/aromatic N) is 3. The number of rotatable bonds is 4. The Bertz CT molecular complexity index is 3110. The summed E-state index contributed by atoms with van der Waals surface area (Å²) in [6, 6.07) is 67.8. The van der Waals surface area contributed by atoms with Crippen LogP contribution in [0.1, 0.15) is 0 Å². The molecule has 11 rings (SSSR count). The maximum absolute atomic E-state index is 5.28. The van der Waals surface area contributed by atoms with E-state index in [1.54, 1.807) is 0 Å². The fourth-order valence-corrected chi connectivity index (χ4v) is 8.34. The van der Waals surface area contributed by atoms with Gasteiger partial charge in [-0.15, -0.1) is 0 Å². The zero-order valence-corrected chi connectivity index (χ0v) is 28.2. The lowest BCUT2D eigenvalue weighted by atomic mass is 9.99. The molecule has 0 saturated heterocycles. The highest BCUT2D eigenvalue weighted by Gasteiger charge is 2.20. The van der Waals surface area contributed by atoms with Crippen LogP contribution in [0.25, 0.3) is 99.2 Å². The third kappa shape index (κ3) is 4.30. The fraction of sp³-hybridized carbons (Fsp3) is 0. The summed E-state index contributed by atoms with van der Waals surface area (Å²) >= 11 is 0. The molecule has 0 bridgehead atoms. The van der Waals surface area contributed by atoms with Gasteiger partial charge in [0.15, 0.2) is 0 Å². The molecule has 7 aromatic carbocycles. The summed E-state index contributed by atoms with van der Waals surface area (Å²) in [5.74, 6) is 0. The van der Waals surface area contributed by atoms with Crippen molar-refractivity contribution in [2.45, 2.75) is 0 Å². The van der Waals surface area contributed by atoms with E-state index in [1.807, 2.05) is 0 Å². The van der Waals surface area contributed by atoms with Crippen molar-refractivity contribution >= 4 is 59.9 Å². The Morgan fingerprint density at radius 1 is 0.346 bits per heavy atom. The summed E-state index contributed by atoms with van der Waals surface area (Å²) in [6.07, 6.45) is 0. The van der Waals surface area contributed by atoms with Gasteiger partial charge in [0.05, 0.1) is 39.0 Å². The lowest BCUT2D eigenvalue weighted by Crippen LogP contribution is -1.98. The van der Waals surface area contributed by atoms with E-state index >= 15 is 0 Å². The van der Waals surface area contributed by atoms with Crippen LogP contribution in [0.15, 0.2) is 188 Å². The molecule has 4 aromatic heterocycles. The number of para-hydroxylation sites is 3. The first-order valence-corrected chi connectivity index (χ1v) is 17.8. The number of fused-ring (bicyclic) bond motifs is 12. The molecule has 0 radical (unpaired) electrons. The van der Waals surface area contributed by atoms with Gasteiger partial charge in [-0.25, -0.2) is 4.98 Å². The van der Waals surface area contributed by atoms with Crippen LogP contribution in [0.4, 0.5) is 0 Å². The van der Waals surface area contributed by atoms with Crippen molar-refractivity contribution in [2.24, 2.45) is 0 Å². The molecular weight excluding hydrogens is 631 g/mol. The molecule has 4 heterocycles. The van der Waals surface area contributed by atoms with E-state index in [-0.39, 0.29) is 0 Å². The van der Waals surface area contributed by atoms with E-state index in [0.29, 0.717) is 0 Å². The third-order valence-electron chi connectivity index (χ3n) is 10.6. The van der Waals surface area contributed by atoms with E-state index in [4.69, 9.17) is 4.98 Å². The SMILES string of the molecule is c1ccc(-c2cc(-c3ccccc3)nc(-c3cccc(-n4c5ccccc5c5ccc6c(c7ccccc7n7c8ccccc8cc67)c54)c3)c2)cc1. The van der Waals surface area contributed by atoms with E-state index in [1.165, 1.54) is 65.5 Å². The number of benzene rings is 7. The minimum Gasteiger partial charge on any atom is -0.309 e. The Hall–Kier alpha value is -6.97. The highest BCUT2D eigenvalue weighted by Crippen LogP contribution is 2.43. The lowest BCUT2D eigenvalue weighted by molar-refractivity contribution is 1.18. The lowest BCUT2D eigenvalue weighted by Gasteiger charge is -2.15. The van der Waals surface area contributed by atoms with Crippen LogP contribution in [0.3, 0.4) is 0 Å². The van der Waals surface area contributed by atoms with Gasteiger partial charge >= 0.3 is 0 Å². The molecule has 0 atom stereocenters. The maximum atomic E-state index is 5.28. The second kappa shape index (κ2) is 11.3. The molecule has 0 spiro atoms. The van der Waals surface area contributed by atoms with Gasteiger partial charge in [0.2, 0.25) is 0 Å². The number of hydrogen-bond acceptors (Lipinski definition) is 1. The molecule has 0 N–H and O–H groups in total. The largest absolute Gasteiger partial charge is 0.309 e. The van der Waals surface area contributed by atoms with Crippen LogP contribution >= 0.6 is 0 Å². The Kier molecular flexibility index (Phi) is 6.25. The monoisotopic (exact) mass is 661 g/mol. The molecule has 3 nitrogen and oxygen atoms in total. The minimum absolute atomic E-state index is 0.944. The first-order valence-electron chi connectivity index (χ1n) is 17.8. The van der Waals surface area contributed by atoms with Gasteiger partial charge in [0.25, 0.3) is 0 Å². The zero-order valence-electron chi connectivity index (χ0n) is 28.2. The van der Waals surface area contributed by atoms with E-state index in [2.05, 4.69) is 197 Å². The van der Waals surface area contributed by atoms with E-state index < -0.39 is 0 Å². The van der Waals surface area contributed by atoms with Crippen LogP contribution in [0.2, 0.25) is 0 Å². The Morgan fingerprint density at radius 3 is 1.75 bits per heavy atom. The molecule has 0 aliphatic heterocycles. The van der Waals surface area contributed by atoms with Crippen molar-refractivity contribution in [3.05, 3.63) is 188 Å². The first-order chi connectivity index (χ1) is 25.8. The van der Waals surface area contributed by atoms with Gasteiger partial charge in [-0.05, 0) is 59.7 Å². The molecule has 0 unspecified atom stereocenters. The van der Waals surface area contributed by atoms with Crippen molar-refractivity contribution in [2.75, 3.05) is 0 Å². The molecular formula is C49H31N3. The summed E-state index contributed by atoms with van der Waals surface area (Å²) in [5.41, 5.74) is 13.6. The molecule has 0 aliphatic carbocycles. The van der Waals surface area contributed by atoms with Gasteiger partial charge in [-0.1, -0.05) is 140 Å². The number of pyridine rings is 2. The summed E-state index contributed by atoms with van der Waals surface area (Å²) in [7, 11) is 0. The summed E-state index contributed by atoms with van der Waals surface area (Å²) < 4.78 is 4.91. The molecule has 3 heteroatoms. The topological polar surface area (TPSA) is 22.2 Å². The molecule has 0 fully saturated rings. The van der Waals surface area contributed by atoms with Crippen LogP contribution in [-0.2, 0) is 0 Å². The second-order valence-electron chi connectivity index (χ2n) is 13.6. The van der Waals surface area contributed by atoms with Crippen molar-refractivity contribution in [1.29, 1.82) is 0 Å². The molecule has 0 saturated carbocycles. The van der Waals surface area contributed by atoms with Gasteiger partial charge in [0, 0.05) is 49.1 Å². The predicted octanol–water partition coefficient (Wildman–Crippen LogP) is 12.9. The average molecular weight is 662 g/mol. The molecule has 0 amide bonds. The maximum Gasteiger partial charge on any atom is 0.0716 e. The first kappa shape index (κ1) is 28.8. The van der Waals surface area contributed by atoms with Crippen LogP contribution in [0, 0.1) is 0 Å². The molecule has 52 heavy (non-hydrogen) atoms. The highest BCUT2D eigenvalue weighted by molar-refractivity contribution is 6.28. The van der Waals surface area contributed by atoms with Crippen molar-refractivity contribution in [3.8, 4) is 39.3 Å². The fourth-order valence-electron chi connectivity index (χ4n) is 8.34. The summed E-state index contributed by atoms with van der Waals surface area (Å²) in [4.78, 5) is 5.28. The van der Waals surface area contributed by atoms with Crippen LogP contribution in [-0.4, -0.2) is 14.0 Å². The van der Waals surface area contributed by atoms with Crippen molar-refractivity contribution in [3.63, 3.8) is 0 Å². The summed E-state index contributed by atoms with van der Waals surface area (Å²) in [5, 5.41) is 7.47. The quantitative estimate of drug-likeness (QED) is 0.172. The molecule has 11 aromatic rings.